The van der Waals surface area contributed by atoms with E-state index in [1.807, 2.05) is 92.1 Å². The van der Waals surface area contributed by atoms with E-state index >= 15 is 0 Å². The fraction of sp³-hybridized carbons (Fsp3) is 0.405. The lowest BCUT2D eigenvalue weighted by atomic mass is 9.85. The smallest absolute Gasteiger partial charge is 0.323 e. The molecule has 0 radical (unpaired) electrons. The highest BCUT2D eigenvalue weighted by atomic mass is 16.5. The third-order valence-corrected chi connectivity index (χ3v) is 9.08. The Morgan fingerprint density at radius 3 is 2.51 bits per heavy atom. The number of carbonyl (C=O) groups excluding carboxylic acids is 1. The number of nitrogens with one attached hydrogen (secondary N) is 3. The summed E-state index contributed by atoms with van der Waals surface area (Å²) in [7, 11) is 0. The molecule has 47 heavy (non-hydrogen) atoms. The van der Waals surface area contributed by atoms with Gasteiger partial charge in [0, 0.05) is 30.2 Å². The number of pyridine rings is 1. The van der Waals surface area contributed by atoms with Crippen LogP contribution in [0.25, 0.3) is 5.65 Å². The molecule has 0 saturated carbocycles. The van der Waals surface area contributed by atoms with Crippen LogP contribution in [-0.4, -0.2) is 50.9 Å². The molecule has 2 aliphatic rings. The average molecular weight is 636 g/mol. The number of ether oxygens (including phenoxy) is 1. The monoisotopic (exact) mass is 635 g/mol. The SMILES string of the molecule is Cc1ccc([NH2+]C(=CC(=N)C(C)(C)C)NC(=O)NC2CCC(Oc3ccc4nnc(CCN5CCCC5)n4c3)c3ccccc32)cc1. The number of hydrogen-bond acceptors (Lipinski definition) is 6. The van der Waals surface area contributed by atoms with Crippen LogP contribution in [0.15, 0.2) is 78.8 Å². The van der Waals surface area contributed by atoms with Crippen molar-refractivity contribution in [3.8, 4) is 5.75 Å². The lowest BCUT2D eigenvalue weighted by Crippen LogP contribution is -2.79. The number of likely N-dealkylation sites (tertiary alicyclic amines) is 1. The first-order chi connectivity index (χ1) is 22.6. The molecule has 10 heteroatoms. The molecule has 0 spiro atoms. The third-order valence-electron chi connectivity index (χ3n) is 9.08. The highest BCUT2D eigenvalue weighted by Gasteiger charge is 2.30. The normalized spacial score (nSPS) is 18.6. The van der Waals surface area contributed by atoms with E-state index in [0.717, 1.165) is 78.5 Å². The van der Waals surface area contributed by atoms with Crippen LogP contribution in [0.4, 0.5) is 10.5 Å². The quantitative estimate of drug-likeness (QED) is 0.131. The highest BCUT2D eigenvalue weighted by molar-refractivity contribution is 5.97. The molecule has 2 aromatic carbocycles. The summed E-state index contributed by atoms with van der Waals surface area (Å²) in [6.07, 6.45) is 8.47. The van der Waals surface area contributed by atoms with E-state index in [9.17, 15) is 4.79 Å². The summed E-state index contributed by atoms with van der Waals surface area (Å²) in [6, 6.07) is 19.7. The van der Waals surface area contributed by atoms with E-state index in [1.165, 1.54) is 12.8 Å². The first kappa shape index (κ1) is 32.4. The molecule has 4 aromatic rings. The molecule has 1 fully saturated rings. The Morgan fingerprint density at radius 2 is 1.77 bits per heavy atom. The molecule has 10 nitrogen and oxygen atoms in total. The number of aromatic nitrogens is 3. The van der Waals surface area contributed by atoms with E-state index in [-0.39, 0.29) is 23.6 Å². The fourth-order valence-corrected chi connectivity index (χ4v) is 6.26. The van der Waals surface area contributed by atoms with Crippen molar-refractivity contribution in [1.29, 1.82) is 5.41 Å². The summed E-state index contributed by atoms with van der Waals surface area (Å²) >= 11 is 0. The van der Waals surface area contributed by atoms with Gasteiger partial charge in [-0.3, -0.25) is 15.0 Å². The average Bonchev–Trinajstić information content (AvgIpc) is 3.72. The van der Waals surface area contributed by atoms with Gasteiger partial charge < -0.3 is 20.4 Å². The van der Waals surface area contributed by atoms with Crippen molar-refractivity contribution < 1.29 is 14.8 Å². The summed E-state index contributed by atoms with van der Waals surface area (Å²) in [5.74, 6) is 2.29. The Balaban J connectivity index is 1.14. The predicted octanol–water partition coefficient (Wildman–Crippen LogP) is 5.73. The van der Waals surface area contributed by atoms with Gasteiger partial charge in [-0.1, -0.05) is 62.7 Å². The first-order valence-corrected chi connectivity index (χ1v) is 16.7. The van der Waals surface area contributed by atoms with Gasteiger partial charge in [-0.25, -0.2) is 4.79 Å². The Kier molecular flexibility index (Phi) is 9.70. The molecule has 246 valence electrons. The van der Waals surface area contributed by atoms with Crippen LogP contribution in [-0.2, 0) is 6.42 Å². The topological polar surface area (TPSA) is 124 Å². The maximum atomic E-state index is 13.4. The number of hydrogen-bond donors (Lipinski definition) is 4. The van der Waals surface area contributed by atoms with Crippen molar-refractivity contribution >= 4 is 23.1 Å². The van der Waals surface area contributed by atoms with E-state index in [0.29, 0.717) is 11.5 Å². The lowest BCUT2D eigenvalue weighted by Gasteiger charge is -2.32. The molecule has 2 unspecified atom stereocenters. The first-order valence-electron chi connectivity index (χ1n) is 16.7. The van der Waals surface area contributed by atoms with Gasteiger partial charge in [0.15, 0.2) is 5.65 Å². The summed E-state index contributed by atoms with van der Waals surface area (Å²) in [5, 5.41) is 25.6. The van der Waals surface area contributed by atoms with E-state index < -0.39 is 0 Å². The van der Waals surface area contributed by atoms with Gasteiger partial charge in [0.25, 0.3) is 0 Å². The number of amides is 2. The zero-order valence-corrected chi connectivity index (χ0v) is 27.9. The number of nitrogens with two attached hydrogens (primary N) is 1. The number of rotatable bonds is 10. The zero-order valence-electron chi connectivity index (χ0n) is 27.9. The molecule has 2 aromatic heterocycles. The van der Waals surface area contributed by atoms with Crippen molar-refractivity contribution in [1.82, 2.24) is 30.1 Å². The summed E-state index contributed by atoms with van der Waals surface area (Å²) in [6.45, 7) is 11.3. The van der Waals surface area contributed by atoms with Crippen LogP contribution in [0.1, 0.15) is 81.1 Å². The molecule has 2 atom stereocenters. The van der Waals surface area contributed by atoms with Crippen LogP contribution >= 0.6 is 0 Å². The Hall–Kier alpha value is -4.54. The minimum atomic E-state index is -0.351. The Morgan fingerprint density at radius 1 is 1.02 bits per heavy atom. The lowest BCUT2D eigenvalue weighted by molar-refractivity contribution is -0.522. The van der Waals surface area contributed by atoms with Gasteiger partial charge in [0.2, 0.25) is 5.82 Å². The Labute approximate surface area is 277 Å². The molecular weight excluding hydrogens is 588 g/mol. The van der Waals surface area contributed by atoms with Crippen molar-refractivity contribution in [2.24, 2.45) is 5.41 Å². The maximum Gasteiger partial charge on any atom is 0.323 e. The largest absolute Gasteiger partial charge is 0.484 e. The number of nitrogens with zero attached hydrogens (tertiary/aromatic N) is 4. The second-order valence-electron chi connectivity index (χ2n) is 13.8. The summed E-state index contributed by atoms with van der Waals surface area (Å²) in [4.78, 5) is 15.9. The molecule has 2 amide bonds. The van der Waals surface area contributed by atoms with Gasteiger partial charge >= 0.3 is 6.03 Å². The molecular formula is C37H47N8O2+. The number of quaternary nitrogens is 1. The van der Waals surface area contributed by atoms with Gasteiger partial charge in [-0.15, -0.1) is 10.2 Å². The highest BCUT2D eigenvalue weighted by Crippen LogP contribution is 2.38. The van der Waals surface area contributed by atoms with Crippen LogP contribution in [0, 0.1) is 17.7 Å². The van der Waals surface area contributed by atoms with Gasteiger partial charge in [-0.05, 0) is 81.1 Å². The molecule has 1 aliphatic carbocycles. The standard InChI is InChI=1S/C37H46N8O2/c1-25-11-13-26(14-12-25)39-33(23-32(38)37(2,3)4)41-36(46)40-30-16-17-31(29-10-6-5-9-28(29)30)47-27-15-18-34-42-43-35(45(34)24-27)19-22-44-20-7-8-21-44/h5-6,9-15,18,23-24,30-31,38-39H,7-8,16-17,19-22H2,1-4H3,(H2,40,41,46)/p+1. The third kappa shape index (κ3) is 8.07. The number of benzene rings is 2. The fourth-order valence-electron chi connectivity index (χ4n) is 6.26. The van der Waals surface area contributed by atoms with Crippen LogP contribution < -0.4 is 20.7 Å². The summed E-state index contributed by atoms with van der Waals surface area (Å²) < 4.78 is 8.66. The summed E-state index contributed by atoms with van der Waals surface area (Å²) in [5.41, 5.74) is 5.13. The second kappa shape index (κ2) is 14.1. The second-order valence-corrected chi connectivity index (χ2v) is 13.8. The van der Waals surface area contributed by atoms with E-state index in [1.54, 1.807) is 6.08 Å². The van der Waals surface area contributed by atoms with Crippen LogP contribution in [0.3, 0.4) is 0 Å². The zero-order chi connectivity index (χ0) is 33.0. The van der Waals surface area contributed by atoms with Crippen molar-refractivity contribution in [2.45, 2.75) is 71.9 Å². The van der Waals surface area contributed by atoms with Crippen molar-refractivity contribution in [3.63, 3.8) is 0 Å². The van der Waals surface area contributed by atoms with Crippen LogP contribution in [0.2, 0.25) is 0 Å². The molecule has 1 saturated heterocycles. The molecule has 1 aliphatic heterocycles. The predicted molar refractivity (Wildman–Crippen MR) is 184 cm³/mol. The van der Waals surface area contributed by atoms with E-state index in [2.05, 4.69) is 37.9 Å². The minimum absolute atomic E-state index is 0.146. The Bertz CT molecular complexity index is 1750. The number of urea groups is 1. The van der Waals surface area contributed by atoms with Crippen molar-refractivity contribution in [3.05, 3.63) is 101 Å². The number of carbonyl (C=O) groups is 1. The number of aryl methyl sites for hydroxylation is 1. The number of fused-ring (bicyclic) bond motifs is 2. The molecule has 0 bridgehead atoms. The number of allylic oxidation sites excluding steroid dienone is 1. The van der Waals surface area contributed by atoms with Gasteiger partial charge in [0.1, 0.15) is 23.4 Å². The maximum absolute atomic E-state index is 13.4. The molecule has 3 heterocycles. The molecule has 5 N–H and O–H groups in total. The van der Waals surface area contributed by atoms with Gasteiger partial charge in [0.05, 0.1) is 12.2 Å². The molecule has 6 rings (SSSR count). The van der Waals surface area contributed by atoms with E-state index in [4.69, 9.17) is 10.1 Å². The van der Waals surface area contributed by atoms with Crippen LogP contribution in [0.5, 0.6) is 5.75 Å². The van der Waals surface area contributed by atoms with Crippen molar-refractivity contribution in [2.75, 3.05) is 19.6 Å². The minimum Gasteiger partial charge on any atom is -0.484 e. The van der Waals surface area contributed by atoms with Gasteiger partial charge in [-0.2, -0.15) is 0 Å².